The number of carbonyl (C=O) groups excluding carboxylic acids is 1. The van der Waals surface area contributed by atoms with Gasteiger partial charge in [0.1, 0.15) is 6.04 Å². The second-order valence-corrected chi connectivity index (χ2v) is 4.17. The number of nitrogens with one attached hydrogen (secondary N) is 1. The fourth-order valence-corrected chi connectivity index (χ4v) is 1.73. The van der Waals surface area contributed by atoms with Crippen LogP contribution in [0.3, 0.4) is 0 Å². The second kappa shape index (κ2) is 7.13. The van der Waals surface area contributed by atoms with E-state index in [0.29, 0.717) is 32.8 Å². The monoisotopic (exact) mass is 256 g/mol. The first-order valence-electron chi connectivity index (χ1n) is 6.05. The molecule has 0 saturated carbocycles. The fourth-order valence-electron chi connectivity index (χ4n) is 1.73. The van der Waals surface area contributed by atoms with Crippen molar-refractivity contribution in [1.82, 2.24) is 10.2 Å². The van der Waals surface area contributed by atoms with Crippen molar-refractivity contribution in [3.63, 3.8) is 0 Å². The Morgan fingerprint density at radius 3 is 2.89 bits per heavy atom. The smallest absolute Gasteiger partial charge is 0.330 e. The lowest BCUT2D eigenvalue weighted by molar-refractivity contribution is -0.132. The third kappa shape index (κ3) is 4.12. The average Bonchev–Trinajstić information content (AvgIpc) is 2.36. The van der Waals surface area contributed by atoms with Crippen molar-refractivity contribution in [1.29, 1.82) is 0 Å². The molecule has 6 nitrogen and oxygen atoms in total. The first-order valence-corrected chi connectivity index (χ1v) is 6.05. The Bertz CT molecular complexity index is 341. The molecule has 0 bridgehead atoms. The van der Waals surface area contributed by atoms with Gasteiger partial charge < -0.3 is 15.2 Å². The van der Waals surface area contributed by atoms with Crippen molar-refractivity contribution in [2.75, 3.05) is 32.8 Å². The van der Waals surface area contributed by atoms with Gasteiger partial charge in [0.15, 0.2) is 0 Å². The number of likely N-dealkylation sites (N-methyl/N-ethyl adjacent to an activating group) is 1. The van der Waals surface area contributed by atoms with Gasteiger partial charge in [0.25, 0.3) is 0 Å². The molecule has 0 aromatic rings. The summed E-state index contributed by atoms with van der Waals surface area (Å²) in [4.78, 5) is 24.4. The Kier molecular flexibility index (Phi) is 5.80. The van der Waals surface area contributed by atoms with Crippen LogP contribution in [-0.4, -0.2) is 60.8 Å². The first kappa shape index (κ1) is 14.7. The van der Waals surface area contributed by atoms with Gasteiger partial charge in [-0.25, -0.2) is 4.79 Å². The number of rotatable bonds is 5. The number of aliphatic carboxylic acids is 1. The molecule has 1 heterocycles. The highest BCUT2D eigenvalue weighted by Crippen LogP contribution is 2.08. The molecule has 1 aliphatic rings. The molecular formula is C12H20N2O4. The summed E-state index contributed by atoms with van der Waals surface area (Å²) in [5, 5.41) is 11.5. The molecule has 0 aliphatic carbocycles. The van der Waals surface area contributed by atoms with Crippen molar-refractivity contribution >= 4 is 11.9 Å². The van der Waals surface area contributed by atoms with Crippen molar-refractivity contribution < 1.29 is 19.4 Å². The van der Waals surface area contributed by atoms with Crippen LogP contribution in [0.25, 0.3) is 0 Å². The first-order chi connectivity index (χ1) is 8.56. The van der Waals surface area contributed by atoms with Crippen molar-refractivity contribution in [3.05, 3.63) is 11.6 Å². The number of carboxylic acids is 1. The van der Waals surface area contributed by atoms with E-state index in [2.05, 4.69) is 5.32 Å². The van der Waals surface area contributed by atoms with Crippen LogP contribution in [0.15, 0.2) is 11.6 Å². The molecule has 1 saturated heterocycles. The van der Waals surface area contributed by atoms with Gasteiger partial charge in [-0.15, -0.1) is 0 Å². The van der Waals surface area contributed by atoms with E-state index >= 15 is 0 Å². The zero-order valence-corrected chi connectivity index (χ0v) is 10.8. The largest absolute Gasteiger partial charge is 0.478 e. The predicted octanol–water partition coefficient (Wildman–Crippen LogP) is -0.146. The lowest BCUT2D eigenvalue weighted by atomic mass is 10.2. The van der Waals surface area contributed by atoms with Gasteiger partial charge in [0.05, 0.1) is 13.2 Å². The average molecular weight is 256 g/mol. The number of nitrogens with zero attached hydrogens (tertiary/aromatic N) is 1. The number of hydrogen-bond donors (Lipinski definition) is 2. The minimum atomic E-state index is -0.933. The van der Waals surface area contributed by atoms with Crippen LogP contribution >= 0.6 is 0 Å². The summed E-state index contributed by atoms with van der Waals surface area (Å²) in [6, 6.07) is -0.337. The molecule has 0 aromatic heterocycles. The summed E-state index contributed by atoms with van der Waals surface area (Å²) >= 11 is 0. The quantitative estimate of drug-likeness (QED) is 0.669. The van der Waals surface area contributed by atoms with Crippen LogP contribution in [0.5, 0.6) is 0 Å². The van der Waals surface area contributed by atoms with Crippen molar-refractivity contribution in [2.45, 2.75) is 19.9 Å². The van der Waals surface area contributed by atoms with Crippen LogP contribution in [0.4, 0.5) is 0 Å². The summed E-state index contributed by atoms with van der Waals surface area (Å²) in [5.74, 6) is -1.00. The normalized spacial score (nSPS) is 21.7. The Labute approximate surface area is 107 Å². The Morgan fingerprint density at radius 1 is 1.56 bits per heavy atom. The summed E-state index contributed by atoms with van der Waals surface area (Å²) in [6.07, 6.45) is 1.62. The van der Waals surface area contributed by atoms with Crippen LogP contribution in [0, 0.1) is 0 Å². The third-order valence-corrected chi connectivity index (χ3v) is 2.86. The van der Waals surface area contributed by atoms with E-state index in [1.165, 1.54) is 0 Å². The number of morpholine rings is 1. The van der Waals surface area contributed by atoms with E-state index in [9.17, 15) is 9.59 Å². The zero-order valence-electron chi connectivity index (χ0n) is 10.8. The molecule has 0 radical (unpaired) electrons. The lowest BCUT2D eigenvalue weighted by Crippen LogP contribution is -2.53. The summed E-state index contributed by atoms with van der Waals surface area (Å²) in [6.45, 7) is 5.98. The van der Waals surface area contributed by atoms with Crippen molar-refractivity contribution in [2.24, 2.45) is 0 Å². The van der Waals surface area contributed by atoms with Gasteiger partial charge in [-0.3, -0.25) is 9.69 Å². The van der Waals surface area contributed by atoms with E-state index < -0.39 is 5.97 Å². The number of amides is 1. The highest BCUT2D eigenvalue weighted by atomic mass is 16.5. The van der Waals surface area contributed by atoms with E-state index in [1.54, 1.807) is 13.0 Å². The van der Waals surface area contributed by atoms with Crippen LogP contribution in [0.1, 0.15) is 13.8 Å². The van der Waals surface area contributed by atoms with E-state index in [0.717, 1.165) is 0 Å². The Morgan fingerprint density at radius 2 is 2.28 bits per heavy atom. The van der Waals surface area contributed by atoms with Gasteiger partial charge >= 0.3 is 5.97 Å². The zero-order chi connectivity index (χ0) is 13.5. The minimum absolute atomic E-state index is 0.0708. The highest BCUT2D eigenvalue weighted by Gasteiger charge is 2.28. The van der Waals surface area contributed by atoms with Gasteiger partial charge in [-0.2, -0.15) is 0 Å². The molecule has 1 aliphatic heterocycles. The molecule has 1 fully saturated rings. The topological polar surface area (TPSA) is 78.9 Å². The van der Waals surface area contributed by atoms with Gasteiger partial charge in [0.2, 0.25) is 5.91 Å². The highest BCUT2D eigenvalue weighted by molar-refractivity contribution is 5.85. The predicted molar refractivity (Wildman–Crippen MR) is 66.3 cm³/mol. The summed E-state index contributed by atoms with van der Waals surface area (Å²) in [7, 11) is 0. The van der Waals surface area contributed by atoms with E-state index in [1.807, 2.05) is 11.8 Å². The Hall–Kier alpha value is -1.40. The molecule has 6 heteroatoms. The molecule has 1 rings (SSSR count). The SMILES string of the molecule is CCNC(=O)C1COCCN1C/C=C(/C)C(=O)O. The van der Waals surface area contributed by atoms with Crippen LogP contribution in [-0.2, 0) is 14.3 Å². The second-order valence-electron chi connectivity index (χ2n) is 4.17. The van der Waals surface area contributed by atoms with Gasteiger partial charge in [-0.1, -0.05) is 6.08 Å². The molecule has 0 aromatic carbocycles. The molecule has 2 N–H and O–H groups in total. The fraction of sp³-hybridized carbons (Fsp3) is 0.667. The minimum Gasteiger partial charge on any atom is -0.478 e. The van der Waals surface area contributed by atoms with Crippen LogP contribution in [0.2, 0.25) is 0 Å². The molecule has 1 unspecified atom stereocenters. The maximum Gasteiger partial charge on any atom is 0.330 e. The van der Waals surface area contributed by atoms with Crippen molar-refractivity contribution in [3.8, 4) is 0 Å². The van der Waals surface area contributed by atoms with E-state index in [4.69, 9.17) is 9.84 Å². The Balaban J connectivity index is 2.62. The molecule has 0 spiro atoms. The summed E-state index contributed by atoms with van der Waals surface area (Å²) < 4.78 is 5.29. The van der Waals surface area contributed by atoms with Gasteiger partial charge in [0, 0.05) is 25.2 Å². The molecule has 18 heavy (non-hydrogen) atoms. The van der Waals surface area contributed by atoms with Gasteiger partial charge in [-0.05, 0) is 13.8 Å². The maximum absolute atomic E-state index is 11.8. The maximum atomic E-state index is 11.8. The summed E-state index contributed by atoms with van der Waals surface area (Å²) in [5.41, 5.74) is 0.288. The molecular weight excluding hydrogens is 236 g/mol. The third-order valence-electron chi connectivity index (χ3n) is 2.86. The number of carbonyl (C=O) groups is 2. The number of carboxylic acid groups (broad SMARTS) is 1. The van der Waals surface area contributed by atoms with E-state index in [-0.39, 0.29) is 17.5 Å². The molecule has 102 valence electrons. The number of ether oxygens (including phenoxy) is 1. The lowest BCUT2D eigenvalue weighted by Gasteiger charge is -2.33. The molecule has 1 amide bonds. The molecule has 1 atom stereocenters. The standard InChI is InChI=1S/C12H20N2O4/c1-3-13-11(15)10-8-18-7-6-14(10)5-4-9(2)12(16)17/h4,10H,3,5-8H2,1-2H3,(H,13,15)(H,16,17)/b9-4-. The number of hydrogen-bond acceptors (Lipinski definition) is 4. The van der Waals surface area contributed by atoms with Crippen LogP contribution < -0.4 is 5.32 Å².